The number of ether oxygens (including phenoxy) is 1. The van der Waals surface area contributed by atoms with Gasteiger partial charge in [-0.3, -0.25) is 4.79 Å². The molecule has 0 aliphatic heterocycles. The van der Waals surface area contributed by atoms with Crippen molar-refractivity contribution in [2.24, 2.45) is 11.6 Å². The Bertz CT molecular complexity index is 1190. The molecule has 0 aliphatic carbocycles. The Morgan fingerprint density at radius 1 is 1.00 bits per heavy atom. The van der Waals surface area contributed by atoms with Gasteiger partial charge in [-0.25, -0.2) is 4.68 Å². The van der Waals surface area contributed by atoms with Crippen molar-refractivity contribution in [3.63, 3.8) is 0 Å². The Morgan fingerprint density at radius 3 is 2.33 bits per heavy atom. The topological polar surface area (TPSA) is 115 Å². The van der Waals surface area contributed by atoms with Crippen LogP contribution >= 0.6 is 12.0 Å². The number of carbonyl (C=O) groups excluding carboxylic acids is 1. The van der Waals surface area contributed by atoms with Crippen LogP contribution in [0.3, 0.4) is 0 Å². The Labute approximate surface area is 176 Å². The number of hydrogen-bond donors (Lipinski definition) is 2. The maximum absolute atomic E-state index is 11.9. The van der Waals surface area contributed by atoms with Crippen molar-refractivity contribution in [2.75, 3.05) is 7.11 Å². The third-order valence-electron chi connectivity index (χ3n) is 4.59. The Kier molecular flexibility index (Phi) is 5.68. The summed E-state index contributed by atoms with van der Waals surface area (Å²) in [7, 11) is 1.63. The van der Waals surface area contributed by atoms with Gasteiger partial charge in [0.2, 0.25) is 0 Å². The SMILES string of the molecule is COc1ccc(-c2ccc3c(C(N)=O)nn(-c4ccc(SOON)cc4)c3c2)cc1. The first-order chi connectivity index (χ1) is 14.6. The second-order valence-electron chi connectivity index (χ2n) is 6.33. The molecule has 9 heteroatoms. The van der Waals surface area contributed by atoms with E-state index in [-0.39, 0.29) is 5.69 Å². The van der Waals surface area contributed by atoms with Crippen LogP contribution in [0, 0.1) is 0 Å². The molecule has 0 bridgehead atoms. The second-order valence-corrected chi connectivity index (χ2v) is 7.10. The van der Waals surface area contributed by atoms with Crippen LogP contribution in [0.15, 0.2) is 71.6 Å². The lowest BCUT2D eigenvalue weighted by Crippen LogP contribution is -2.12. The lowest BCUT2D eigenvalue weighted by atomic mass is 10.0. The summed E-state index contributed by atoms with van der Waals surface area (Å²) in [4.78, 5) is 16.8. The molecule has 152 valence electrons. The van der Waals surface area contributed by atoms with E-state index in [4.69, 9.17) is 16.4 Å². The quantitative estimate of drug-likeness (QED) is 0.265. The number of fused-ring (bicyclic) bond motifs is 1. The van der Waals surface area contributed by atoms with Gasteiger partial charge < -0.3 is 10.5 Å². The van der Waals surface area contributed by atoms with Crippen LogP contribution in [-0.4, -0.2) is 22.8 Å². The van der Waals surface area contributed by atoms with Gasteiger partial charge in [-0.15, -0.1) is 9.32 Å². The molecule has 0 aliphatic rings. The molecule has 0 fully saturated rings. The Balaban J connectivity index is 1.80. The predicted octanol–water partition coefficient (Wildman–Crippen LogP) is 3.63. The predicted molar refractivity (Wildman–Crippen MR) is 114 cm³/mol. The smallest absolute Gasteiger partial charge is 0.269 e. The Hall–Kier alpha value is -3.37. The van der Waals surface area contributed by atoms with E-state index in [1.54, 1.807) is 11.8 Å². The molecule has 1 aromatic heterocycles. The summed E-state index contributed by atoms with van der Waals surface area (Å²) < 4.78 is 11.6. The molecule has 0 spiro atoms. The summed E-state index contributed by atoms with van der Waals surface area (Å²) in [6.07, 6.45) is 0. The van der Waals surface area contributed by atoms with Gasteiger partial charge in [-0.2, -0.15) is 11.0 Å². The lowest BCUT2D eigenvalue weighted by molar-refractivity contribution is -0.195. The third kappa shape index (κ3) is 3.87. The molecule has 4 aromatic rings. The van der Waals surface area contributed by atoms with Gasteiger partial charge in [-0.05, 0) is 59.7 Å². The molecule has 0 atom stereocenters. The molecule has 4 rings (SSSR count). The van der Waals surface area contributed by atoms with Gasteiger partial charge in [0.25, 0.3) is 5.91 Å². The van der Waals surface area contributed by atoms with Crippen molar-refractivity contribution in [3.8, 4) is 22.6 Å². The molecule has 1 amide bonds. The van der Waals surface area contributed by atoms with Crippen LogP contribution in [0.1, 0.15) is 10.5 Å². The summed E-state index contributed by atoms with van der Waals surface area (Å²) in [5, 5.41) is 5.13. The van der Waals surface area contributed by atoms with Crippen molar-refractivity contribution in [1.82, 2.24) is 9.78 Å². The molecule has 4 N–H and O–H groups in total. The van der Waals surface area contributed by atoms with Crippen LogP contribution in [0.4, 0.5) is 0 Å². The van der Waals surface area contributed by atoms with Crippen molar-refractivity contribution < 1.29 is 18.9 Å². The van der Waals surface area contributed by atoms with Crippen LogP contribution in [-0.2, 0) is 9.32 Å². The van der Waals surface area contributed by atoms with E-state index in [1.165, 1.54) is 0 Å². The van der Waals surface area contributed by atoms with Crippen LogP contribution in [0.2, 0.25) is 0 Å². The molecule has 3 aromatic carbocycles. The first kappa shape index (κ1) is 19.9. The maximum atomic E-state index is 11.9. The van der Waals surface area contributed by atoms with Gasteiger partial charge in [0.15, 0.2) is 5.69 Å². The van der Waals surface area contributed by atoms with E-state index in [9.17, 15) is 4.79 Å². The number of nitrogens with two attached hydrogens (primary N) is 2. The number of rotatable bonds is 7. The largest absolute Gasteiger partial charge is 0.497 e. The fourth-order valence-corrected chi connectivity index (χ4v) is 3.52. The third-order valence-corrected chi connectivity index (χ3v) is 5.20. The number of primary amides is 1. The number of amides is 1. The van der Waals surface area contributed by atoms with Gasteiger partial charge in [0, 0.05) is 10.3 Å². The van der Waals surface area contributed by atoms with Crippen molar-refractivity contribution in [1.29, 1.82) is 0 Å². The Morgan fingerprint density at radius 2 is 1.70 bits per heavy atom. The molecular weight excluding hydrogens is 404 g/mol. The van der Waals surface area contributed by atoms with Crippen molar-refractivity contribution in [3.05, 3.63) is 72.4 Å². The van der Waals surface area contributed by atoms with Crippen LogP contribution < -0.4 is 16.4 Å². The molecule has 0 saturated carbocycles. The number of nitrogens with zero attached hydrogens (tertiary/aromatic N) is 2. The number of hydrogen-bond acceptors (Lipinski definition) is 7. The highest BCUT2D eigenvalue weighted by Crippen LogP contribution is 2.30. The minimum absolute atomic E-state index is 0.213. The molecule has 1 heterocycles. The van der Waals surface area contributed by atoms with Gasteiger partial charge in [0.05, 0.1) is 30.4 Å². The highest BCUT2D eigenvalue weighted by molar-refractivity contribution is 7.94. The first-order valence-electron chi connectivity index (χ1n) is 8.88. The maximum Gasteiger partial charge on any atom is 0.269 e. The summed E-state index contributed by atoms with van der Waals surface area (Å²) in [5.74, 6) is 5.05. The van der Waals surface area contributed by atoms with E-state index in [2.05, 4.69) is 14.4 Å². The number of methoxy groups -OCH3 is 1. The van der Waals surface area contributed by atoms with E-state index < -0.39 is 5.91 Å². The second kappa shape index (κ2) is 8.56. The highest BCUT2D eigenvalue weighted by Gasteiger charge is 2.17. The van der Waals surface area contributed by atoms with E-state index in [1.807, 2.05) is 66.7 Å². The lowest BCUT2D eigenvalue weighted by Gasteiger charge is -2.07. The molecule has 0 unspecified atom stereocenters. The average molecular weight is 422 g/mol. The summed E-state index contributed by atoms with van der Waals surface area (Å²) >= 11 is 0.979. The van der Waals surface area contributed by atoms with Gasteiger partial charge in [0.1, 0.15) is 5.75 Å². The van der Waals surface area contributed by atoms with Crippen molar-refractivity contribution in [2.45, 2.75) is 4.90 Å². The number of benzene rings is 3. The molecule has 8 nitrogen and oxygen atoms in total. The number of carbonyl (C=O) groups is 1. The summed E-state index contributed by atoms with van der Waals surface area (Å²) in [6, 6.07) is 20.9. The van der Waals surface area contributed by atoms with Crippen LogP contribution in [0.25, 0.3) is 27.7 Å². The molecule has 30 heavy (non-hydrogen) atoms. The zero-order chi connectivity index (χ0) is 21.1. The van der Waals surface area contributed by atoms with Gasteiger partial charge in [-0.1, -0.05) is 18.2 Å². The van der Waals surface area contributed by atoms with Crippen molar-refractivity contribution >= 4 is 28.9 Å². The van der Waals surface area contributed by atoms with E-state index in [0.717, 1.165) is 45.0 Å². The molecule has 0 saturated heterocycles. The fraction of sp³-hybridized carbons (Fsp3) is 0.0476. The first-order valence-corrected chi connectivity index (χ1v) is 9.62. The minimum Gasteiger partial charge on any atom is -0.497 e. The fourth-order valence-electron chi connectivity index (χ4n) is 3.16. The standard InChI is InChI=1S/C21H18N4O4S/c1-27-16-7-2-13(3-8-16)14-4-11-18-19(12-14)25(24-20(18)21(22)26)15-5-9-17(10-6-15)30-29-28-23/h2-12H,23H2,1H3,(H2,22,26). The van der Waals surface area contributed by atoms with Crippen LogP contribution in [0.5, 0.6) is 5.75 Å². The summed E-state index contributed by atoms with van der Waals surface area (Å²) in [6.45, 7) is 0. The molecular formula is C21H18N4O4S. The monoisotopic (exact) mass is 422 g/mol. The minimum atomic E-state index is -0.586. The number of aromatic nitrogens is 2. The van der Waals surface area contributed by atoms with E-state index in [0.29, 0.717) is 5.39 Å². The summed E-state index contributed by atoms with van der Waals surface area (Å²) in [5.41, 5.74) is 9.28. The molecule has 0 radical (unpaired) electrons. The average Bonchev–Trinajstić information content (AvgIpc) is 3.17. The normalized spacial score (nSPS) is 11.0. The highest BCUT2D eigenvalue weighted by atomic mass is 32.2. The van der Waals surface area contributed by atoms with Gasteiger partial charge >= 0.3 is 0 Å². The zero-order valence-electron chi connectivity index (χ0n) is 15.9. The van der Waals surface area contributed by atoms with E-state index >= 15 is 0 Å². The zero-order valence-corrected chi connectivity index (χ0v) is 16.8.